The molecule has 5 nitrogen and oxygen atoms in total. The number of hydrogen-bond acceptors (Lipinski definition) is 4. The summed E-state index contributed by atoms with van der Waals surface area (Å²) in [5, 5.41) is 2.51. The van der Waals surface area contributed by atoms with Crippen LogP contribution in [-0.4, -0.2) is 27.7 Å². The molecule has 5 heteroatoms. The molecular formula is C32H40N2O3. The van der Waals surface area contributed by atoms with Crippen molar-refractivity contribution in [2.45, 2.75) is 84.8 Å². The van der Waals surface area contributed by atoms with E-state index in [2.05, 4.69) is 60.0 Å². The summed E-state index contributed by atoms with van der Waals surface area (Å²) in [6, 6.07) is 21.1. The molecule has 0 atom stereocenters. The highest BCUT2D eigenvalue weighted by atomic mass is 16.6. The number of ether oxygens (including phenoxy) is 2. The van der Waals surface area contributed by atoms with Gasteiger partial charge in [0.15, 0.2) is 5.60 Å². The maximum Gasteiger partial charge on any atom is 0.349 e. The van der Waals surface area contributed by atoms with E-state index in [-0.39, 0.29) is 5.97 Å². The van der Waals surface area contributed by atoms with Crippen molar-refractivity contribution >= 4 is 27.8 Å². The van der Waals surface area contributed by atoms with E-state index in [1.54, 1.807) is 20.8 Å². The van der Waals surface area contributed by atoms with Crippen LogP contribution in [0.4, 0.5) is 0 Å². The van der Waals surface area contributed by atoms with Crippen LogP contribution >= 0.6 is 0 Å². The number of fused-ring (bicyclic) bond motifs is 2. The highest BCUT2D eigenvalue weighted by molar-refractivity contribution is 5.95. The number of aromatic nitrogens is 2. The van der Waals surface area contributed by atoms with Gasteiger partial charge in [0.2, 0.25) is 0 Å². The van der Waals surface area contributed by atoms with E-state index in [9.17, 15) is 4.79 Å². The number of aryl methyl sites for hydroxylation is 3. The highest BCUT2D eigenvalue weighted by Gasteiger charge is 2.31. The second-order valence-electron chi connectivity index (χ2n) is 10.3. The summed E-state index contributed by atoms with van der Waals surface area (Å²) in [6.07, 6.45) is 7.88. The fraction of sp³-hybridized carbons (Fsp3) is 0.438. The molecule has 0 radical (unpaired) electrons. The van der Waals surface area contributed by atoms with Crippen LogP contribution in [0.3, 0.4) is 0 Å². The van der Waals surface area contributed by atoms with E-state index < -0.39 is 5.60 Å². The third kappa shape index (κ3) is 6.71. The molecule has 0 aliphatic heterocycles. The Labute approximate surface area is 220 Å². The maximum absolute atomic E-state index is 12.1. The Bertz CT molecular complexity index is 1320. The lowest BCUT2D eigenvalue weighted by Gasteiger charge is -2.24. The molecule has 0 bridgehead atoms. The number of imidazole rings is 1. The van der Waals surface area contributed by atoms with Crippen LogP contribution in [0.25, 0.3) is 21.8 Å². The third-order valence-corrected chi connectivity index (χ3v) is 6.86. The first-order valence-electron chi connectivity index (χ1n) is 13.7. The molecule has 0 aliphatic rings. The normalized spacial score (nSPS) is 11.8. The standard InChI is InChI=1S/C32H40N2O3/c1-5-7-8-11-21-34-29-23-26-15-10-9-14-25(26)22-28(29)33-30(34)16-12-13-24-17-19-27(20-18-24)37-32(3,4)31(35)36-6-2/h9-10,14-15,17-20,22-23H,5-8,11-13,16,21H2,1-4H3. The topological polar surface area (TPSA) is 53.4 Å². The second kappa shape index (κ2) is 12.3. The molecule has 0 spiro atoms. The largest absolute Gasteiger partial charge is 0.476 e. The van der Waals surface area contributed by atoms with Crippen LogP contribution in [0.1, 0.15) is 71.2 Å². The summed E-state index contributed by atoms with van der Waals surface area (Å²) < 4.78 is 13.5. The number of esters is 1. The Kier molecular flexibility index (Phi) is 8.86. The first-order chi connectivity index (χ1) is 17.9. The molecule has 0 amide bonds. The van der Waals surface area contributed by atoms with Crippen LogP contribution in [0.5, 0.6) is 5.75 Å². The van der Waals surface area contributed by atoms with Crippen molar-refractivity contribution in [2.24, 2.45) is 0 Å². The molecule has 0 saturated carbocycles. The number of carbonyl (C=O) groups is 1. The zero-order valence-corrected chi connectivity index (χ0v) is 22.8. The lowest BCUT2D eigenvalue weighted by atomic mass is 10.1. The van der Waals surface area contributed by atoms with Crippen LogP contribution in [0.2, 0.25) is 0 Å². The minimum atomic E-state index is -1.02. The number of unbranched alkanes of at least 4 members (excludes halogenated alkanes) is 3. The van der Waals surface area contributed by atoms with Gasteiger partial charge < -0.3 is 14.0 Å². The van der Waals surface area contributed by atoms with Gasteiger partial charge in [0.25, 0.3) is 0 Å². The van der Waals surface area contributed by atoms with Gasteiger partial charge in [-0.25, -0.2) is 9.78 Å². The van der Waals surface area contributed by atoms with Gasteiger partial charge in [-0.1, -0.05) is 62.6 Å². The fourth-order valence-corrected chi connectivity index (χ4v) is 4.81. The lowest BCUT2D eigenvalue weighted by molar-refractivity contribution is -0.158. The first-order valence-corrected chi connectivity index (χ1v) is 13.7. The fourth-order valence-electron chi connectivity index (χ4n) is 4.81. The summed E-state index contributed by atoms with van der Waals surface area (Å²) in [6.45, 7) is 8.88. The molecule has 1 aromatic heterocycles. The Morgan fingerprint density at radius 2 is 1.62 bits per heavy atom. The SMILES string of the molecule is CCCCCCn1c(CCCc2ccc(OC(C)(C)C(=O)OCC)cc2)nc2cc3ccccc3cc21. The average molecular weight is 501 g/mol. The zero-order chi connectivity index (χ0) is 26.3. The van der Waals surface area contributed by atoms with E-state index in [1.807, 2.05) is 12.1 Å². The molecule has 4 aromatic rings. The molecular weight excluding hydrogens is 460 g/mol. The second-order valence-corrected chi connectivity index (χ2v) is 10.3. The lowest BCUT2D eigenvalue weighted by Crippen LogP contribution is -2.39. The van der Waals surface area contributed by atoms with E-state index in [0.29, 0.717) is 12.4 Å². The van der Waals surface area contributed by atoms with Crippen molar-refractivity contribution < 1.29 is 14.3 Å². The van der Waals surface area contributed by atoms with Gasteiger partial charge in [0.05, 0.1) is 17.6 Å². The predicted molar refractivity (Wildman–Crippen MR) is 151 cm³/mol. The van der Waals surface area contributed by atoms with Crippen molar-refractivity contribution in [3.8, 4) is 5.75 Å². The van der Waals surface area contributed by atoms with Gasteiger partial charge in [-0.3, -0.25) is 0 Å². The van der Waals surface area contributed by atoms with E-state index in [0.717, 1.165) is 31.3 Å². The van der Waals surface area contributed by atoms with E-state index >= 15 is 0 Å². The molecule has 37 heavy (non-hydrogen) atoms. The van der Waals surface area contributed by atoms with Crippen molar-refractivity contribution in [3.63, 3.8) is 0 Å². The molecule has 196 valence electrons. The Morgan fingerprint density at radius 1 is 0.892 bits per heavy atom. The van der Waals surface area contributed by atoms with Gasteiger partial charge >= 0.3 is 5.97 Å². The van der Waals surface area contributed by atoms with Gasteiger partial charge in [-0.2, -0.15) is 0 Å². The van der Waals surface area contributed by atoms with Crippen LogP contribution in [0.15, 0.2) is 60.7 Å². The minimum absolute atomic E-state index is 0.341. The Hall–Kier alpha value is -3.34. The van der Waals surface area contributed by atoms with E-state index in [1.165, 1.54) is 53.4 Å². The van der Waals surface area contributed by atoms with Gasteiger partial charge in [0, 0.05) is 13.0 Å². The molecule has 1 heterocycles. The quantitative estimate of drug-likeness (QED) is 0.140. The summed E-state index contributed by atoms with van der Waals surface area (Å²) in [7, 11) is 0. The summed E-state index contributed by atoms with van der Waals surface area (Å²) in [5.74, 6) is 1.49. The molecule has 0 aliphatic carbocycles. The highest BCUT2D eigenvalue weighted by Crippen LogP contribution is 2.26. The van der Waals surface area contributed by atoms with Crippen LogP contribution in [-0.2, 0) is 28.9 Å². The zero-order valence-electron chi connectivity index (χ0n) is 22.8. The van der Waals surface area contributed by atoms with Crippen LogP contribution in [0, 0.1) is 0 Å². The van der Waals surface area contributed by atoms with Gasteiger partial charge in [-0.15, -0.1) is 0 Å². The molecule has 0 saturated heterocycles. The van der Waals surface area contributed by atoms with Crippen molar-refractivity contribution in [2.75, 3.05) is 6.61 Å². The monoisotopic (exact) mass is 500 g/mol. The number of benzene rings is 3. The smallest absolute Gasteiger partial charge is 0.349 e. The first kappa shape index (κ1) is 26.7. The van der Waals surface area contributed by atoms with Crippen LogP contribution < -0.4 is 4.74 Å². The minimum Gasteiger partial charge on any atom is -0.476 e. The molecule has 0 fully saturated rings. The number of nitrogens with zero attached hydrogens (tertiary/aromatic N) is 2. The average Bonchev–Trinajstić information content (AvgIpc) is 3.22. The number of carbonyl (C=O) groups excluding carboxylic acids is 1. The van der Waals surface area contributed by atoms with Crippen molar-refractivity contribution in [1.82, 2.24) is 9.55 Å². The molecule has 0 unspecified atom stereocenters. The Morgan fingerprint density at radius 3 is 2.32 bits per heavy atom. The summed E-state index contributed by atoms with van der Waals surface area (Å²) in [5.41, 5.74) is 2.57. The maximum atomic E-state index is 12.1. The molecule has 4 rings (SSSR count). The molecule has 3 aromatic carbocycles. The van der Waals surface area contributed by atoms with E-state index in [4.69, 9.17) is 14.5 Å². The summed E-state index contributed by atoms with van der Waals surface area (Å²) in [4.78, 5) is 17.2. The third-order valence-electron chi connectivity index (χ3n) is 6.86. The van der Waals surface area contributed by atoms with Gasteiger partial charge in [-0.05, 0) is 80.6 Å². The summed E-state index contributed by atoms with van der Waals surface area (Å²) >= 11 is 0. The van der Waals surface area contributed by atoms with Crippen molar-refractivity contribution in [3.05, 3.63) is 72.1 Å². The van der Waals surface area contributed by atoms with Gasteiger partial charge in [0.1, 0.15) is 11.6 Å². The number of hydrogen-bond donors (Lipinski definition) is 0. The molecule has 0 N–H and O–H groups in total. The number of rotatable bonds is 13. The predicted octanol–water partition coefficient (Wildman–Crippen LogP) is 7.67. The Balaban J connectivity index is 1.43. The van der Waals surface area contributed by atoms with Crippen molar-refractivity contribution in [1.29, 1.82) is 0 Å².